The van der Waals surface area contributed by atoms with Crippen LogP contribution in [-0.4, -0.2) is 43.8 Å². The fraction of sp³-hybridized carbons (Fsp3) is 0.529. The summed E-state index contributed by atoms with van der Waals surface area (Å²) in [5.41, 5.74) is 1.07. The van der Waals surface area contributed by atoms with Crippen molar-refractivity contribution in [2.45, 2.75) is 31.9 Å². The lowest BCUT2D eigenvalue weighted by atomic mass is 10.1. The molecule has 0 N–H and O–H groups in total. The van der Waals surface area contributed by atoms with Crippen molar-refractivity contribution in [1.29, 1.82) is 5.26 Å². The predicted molar refractivity (Wildman–Crippen MR) is 82.0 cm³/mol. The summed E-state index contributed by atoms with van der Waals surface area (Å²) in [5.74, 6) is -0.701. The zero-order valence-corrected chi connectivity index (χ0v) is 13.3. The number of halogens is 1. The van der Waals surface area contributed by atoms with E-state index in [9.17, 15) is 9.18 Å². The number of nitriles is 1. The molecule has 0 amide bonds. The molecule has 1 aliphatic rings. The molecule has 1 aromatic rings. The highest BCUT2D eigenvalue weighted by Gasteiger charge is 2.21. The van der Waals surface area contributed by atoms with Crippen molar-refractivity contribution in [2.75, 3.05) is 26.8 Å². The lowest BCUT2D eigenvalue weighted by Gasteiger charge is -2.25. The smallest absolute Gasteiger partial charge is 0.306 e. The van der Waals surface area contributed by atoms with Crippen LogP contribution in [0.1, 0.15) is 30.4 Å². The first kappa shape index (κ1) is 17.4. The molecule has 0 spiro atoms. The van der Waals surface area contributed by atoms with Crippen molar-refractivity contribution >= 4 is 5.97 Å². The van der Waals surface area contributed by atoms with Gasteiger partial charge in [-0.2, -0.15) is 5.26 Å². The van der Waals surface area contributed by atoms with E-state index in [1.807, 2.05) is 6.07 Å². The summed E-state index contributed by atoms with van der Waals surface area (Å²) in [7, 11) is 1.36. The highest BCUT2D eigenvalue weighted by atomic mass is 19.1. The summed E-state index contributed by atoms with van der Waals surface area (Å²) in [6.07, 6.45) is 2.43. The number of hydrogen-bond acceptors (Lipinski definition) is 5. The Kier molecular flexibility index (Phi) is 6.51. The van der Waals surface area contributed by atoms with E-state index >= 15 is 0 Å². The minimum absolute atomic E-state index is 0.138. The standard InChI is InChI=1S/C17H21FN2O3/c1-22-17(21)6-7-20(12-16-3-2-8-23-16)11-13-4-5-15(18)9-14(13)10-19/h4-5,9,16H,2-3,6-8,11-12H2,1H3. The van der Waals surface area contributed by atoms with Gasteiger partial charge in [-0.3, -0.25) is 9.69 Å². The van der Waals surface area contributed by atoms with Crippen molar-refractivity contribution < 1.29 is 18.7 Å². The van der Waals surface area contributed by atoms with Gasteiger partial charge in [-0.25, -0.2) is 4.39 Å². The Morgan fingerprint density at radius 2 is 2.39 bits per heavy atom. The summed E-state index contributed by atoms with van der Waals surface area (Å²) in [4.78, 5) is 13.4. The fourth-order valence-corrected chi connectivity index (χ4v) is 2.69. The first-order chi connectivity index (χ1) is 11.1. The Balaban J connectivity index is 2.06. The Hall–Kier alpha value is -1.97. The van der Waals surface area contributed by atoms with Crippen LogP contribution in [0.5, 0.6) is 0 Å². The third-order valence-electron chi connectivity index (χ3n) is 3.93. The summed E-state index contributed by atoms with van der Waals surface area (Å²) < 4.78 is 23.6. The monoisotopic (exact) mass is 320 g/mol. The predicted octanol–water partition coefficient (Wildman–Crippen LogP) is 2.24. The maximum atomic E-state index is 13.3. The van der Waals surface area contributed by atoms with Crippen LogP contribution in [0, 0.1) is 17.1 Å². The Bertz CT molecular complexity index is 580. The number of methoxy groups -OCH3 is 1. The van der Waals surface area contributed by atoms with Crippen molar-refractivity contribution in [1.82, 2.24) is 4.90 Å². The van der Waals surface area contributed by atoms with E-state index in [2.05, 4.69) is 9.64 Å². The van der Waals surface area contributed by atoms with Crippen LogP contribution in [0.4, 0.5) is 4.39 Å². The Morgan fingerprint density at radius 3 is 3.04 bits per heavy atom. The van der Waals surface area contributed by atoms with Crippen LogP contribution in [-0.2, 0) is 20.8 Å². The lowest BCUT2D eigenvalue weighted by Crippen LogP contribution is -2.34. The average Bonchev–Trinajstić information content (AvgIpc) is 3.06. The Labute approximate surface area is 135 Å². The summed E-state index contributed by atoms with van der Waals surface area (Å²) in [5, 5.41) is 9.16. The van der Waals surface area contributed by atoms with Gasteiger partial charge in [0.1, 0.15) is 5.82 Å². The fourth-order valence-electron chi connectivity index (χ4n) is 2.69. The van der Waals surface area contributed by atoms with E-state index in [-0.39, 0.29) is 18.5 Å². The number of hydrogen-bond donors (Lipinski definition) is 0. The summed E-state index contributed by atoms with van der Waals surface area (Å²) >= 11 is 0. The van der Waals surface area contributed by atoms with Gasteiger partial charge in [0.05, 0.1) is 31.3 Å². The first-order valence-corrected chi connectivity index (χ1v) is 7.71. The molecule has 0 aromatic heterocycles. The quantitative estimate of drug-likeness (QED) is 0.721. The molecular weight excluding hydrogens is 299 g/mol. The van der Waals surface area contributed by atoms with Crippen LogP contribution in [0.2, 0.25) is 0 Å². The van der Waals surface area contributed by atoms with Gasteiger partial charge >= 0.3 is 5.97 Å². The van der Waals surface area contributed by atoms with Gasteiger partial charge in [0, 0.05) is 26.2 Å². The third kappa shape index (κ3) is 5.31. The highest BCUT2D eigenvalue weighted by molar-refractivity contribution is 5.69. The number of nitrogens with zero attached hydrogens (tertiary/aromatic N) is 2. The molecule has 6 heteroatoms. The maximum absolute atomic E-state index is 13.3. The first-order valence-electron chi connectivity index (χ1n) is 7.71. The second kappa shape index (κ2) is 8.61. The van der Waals surface area contributed by atoms with Crippen molar-refractivity contribution in [3.8, 4) is 6.07 Å². The van der Waals surface area contributed by atoms with Gasteiger partial charge in [-0.1, -0.05) is 6.07 Å². The van der Waals surface area contributed by atoms with Crippen molar-refractivity contribution in [3.63, 3.8) is 0 Å². The molecule has 1 saturated heterocycles. The molecule has 0 aliphatic carbocycles. The van der Waals surface area contributed by atoms with Gasteiger partial charge in [0.25, 0.3) is 0 Å². The molecule has 23 heavy (non-hydrogen) atoms. The van der Waals surface area contributed by atoms with Gasteiger partial charge in [-0.05, 0) is 30.5 Å². The van der Waals surface area contributed by atoms with Crippen molar-refractivity contribution in [3.05, 3.63) is 35.1 Å². The number of ether oxygens (including phenoxy) is 2. The molecule has 0 radical (unpaired) electrons. The van der Waals surface area contributed by atoms with E-state index in [1.165, 1.54) is 19.2 Å². The second-order valence-electron chi connectivity index (χ2n) is 5.61. The van der Waals surface area contributed by atoms with Crippen LogP contribution < -0.4 is 0 Å². The van der Waals surface area contributed by atoms with Crippen LogP contribution in [0.15, 0.2) is 18.2 Å². The molecule has 124 valence electrons. The van der Waals surface area contributed by atoms with E-state index < -0.39 is 5.82 Å². The zero-order chi connectivity index (χ0) is 16.7. The largest absolute Gasteiger partial charge is 0.469 e. The molecule has 1 fully saturated rings. The van der Waals surface area contributed by atoms with Gasteiger partial charge in [-0.15, -0.1) is 0 Å². The highest BCUT2D eigenvalue weighted by Crippen LogP contribution is 2.17. The van der Waals surface area contributed by atoms with Gasteiger partial charge in [0.2, 0.25) is 0 Å². The summed E-state index contributed by atoms with van der Waals surface area (Å²) in [6, 6.07) is 6.23. The van der Waals surface area contributed by atoms with E-state index in [0.717, 1.165) is 25.0 Å². The molecule has 2 rings (SSSR count). The number of carbonyl (C=O) groups is 1. The van der Waals surface area contributed by atoms with E-state index in [4.69, 9.17) is 10.00 Å². The minimum Gasteiger partial charge on any atom is -0.469 e. The summed E-state index contributed by atoms with van der Waals surface area (Å²) in [6.45, 7) is 2.42. The number of rotatable bonds is 7. The van der Waals surface area contributed by atoms with Gasteiger partial charge in [0.15, 0.2) is 0 Å². The molecule has 1 heterocycles. The normalized spacial score (nSPS) is 17.2. The molecule has 1 aromatic carbocycles. The molecule has 0 bridgehead atoms. The molecule has 1 aliphatic heterocycles. The van der Waals surface area contributed by atoms with Crippen LogP contribution >= 0.6 is 0 Å². The van der Waals surface area contributed by atoms with E-state index in [1.54, 1.807) is 6.07 Å². The van der Waals surface area contributed by atoms with Gasteiger partial charge < -0.3 is 9.47 Å². The number of carbonyl (C=O) groups excluding carboxylic acids is 1. The second-order valence-corrected chi connectivity index (χ2v) is 5.61. The van der Waals surface area contributed by atoms with Crippen LogP contribution in [0.25, 0.3) is 0 Å². The molecule has 5 nitrogen and oxygen atoms in total. The van der Waals surface area contributed by atoms with E-state index in [0.29, 0.717) is 25.2 Å². The topological polar surface area (TPSA) is 62.6 Å². The average molecular weight is 320 g/mol. The van der Waals surface area contributed by atoms with Crippen LogP contribution in [0.3, 0.4) is 0 Å². The minimum atomic E-state index is -0.425. The number of benzene rings is 1. The number of esters is 1. The van der Waals surface area contributed by atoms with Crippen molar-refractivity contribution in [2.24, 2.45) is 0 Å². The molecule has 0 saturated carbocycles. The molecular formula is C17H21FN2O3. The Morgan fingerprint density at radius 1 is 1.57 bits per heavy atom. The third-order valence-corrected chi connectivity index (χ3v) is 3.93. The SMILES string of the molecule is COC(=O)CCN(Cc1ccc(F)cc1C#N)CC1CCCO1. The maximum Gasteiger partial charge on any atom is 0.306 e. The zero-order valence-electron chi connectivity index (χ0n) is 13.3. The lowest BCUT2D eigenvalue weighted by molar-refractivity contribution is -0.141. The molecule has 1 atom stereocenters. The molecule has 1 unspecified atom stereocenters.